The molecule has 2 aromatic rings. The molecule has 0 heterocycles. The highest BCUT2D eigenvalue weighted by molar-refractivity contribution is 9.09. The molecule has 0 saturated carbocycles. The first-order valence-corrected chi connectivity index (χ1v) is 8.95. The smallest absolute Gasteiger partial charge is 0.127 e. The molecule has 0 amide bonds. The maximum atomic E-state index is 14.2. The summed E-state index contributed by atoms with van der Waals surface area (Å²) >= 11 is 12.9. The molecular formula is C16H13Br2ClF2. The van der Waals surface area contributed by atoms with E-state index in [0.717, 1.165) is 0 Å². The molecule has 5 heteroatoms. The fourth-order valence-corrected chi connectivity index (χ4v) is 4.43. The van der Waals surface area contributed by atoms with Crippen LogP contribution in [0.2, 0.25) is 5.02 Å². The Morgan fingerprint density at radius 1 is 0.952 bits per heavy atom. The lowest BCUT2D eigenvalue weighted by molar-refractivity contribution is 0.487. The minimum absolute atomic E-state index is 0.293. The van der Waals surface area contributed by atoms with Gasteiger partial charge in [0.2, 0.25) is 0 Å². The second-order valence-electron chi connectivity index (χ2n) is 4.94. The summed E-state index contributed by atoms with van der Waals surface area (Å²) in [6.45, 7) is 0. The minimum atomic E-state index is -0.586. The monoisotopic (exact) mass is 436 g/mol. The number of benzene rings is 2. The van der Waals surface area contributed by atoms with Crippen molar-refractivity contribution >= 4 is 43.5 Å². The molecule has 21 heavy (non-hydrogen) atoms. The van der Waals surface area contributed by atoms with Crippen LogP contribution in [0.15, 0.2) is 42.5 Å². The SMILES string of the molecule is Fc1ccc(Cl)cc1CC(CBr)(CBr)c1ccccc1F. The van der Waals surface area contributed by atoms with Crippen molar-refractivity contribution in [2.75, 3.05) is 10.7 Å². The minimum Gasteiger partial charge on any atom is -0.207 e. The second-order valence-corrected chi connectivity index (χ2v) is 6.50. The lowest BCUT2D eigenvalue weighted by Crippen LogP contribution is -2.34. The van der Waals surface area contributed by atoms with Gasteiger partial charge in [-0.25, -0.2) is 8.78 Å². The van der Waals surface area contributed by atoms with Crippen LogP contribution in [0.25, 0.3) is 0 Å². The summed E-state index contributed by atoms with van der Waals surface area (Å²) in [5.41, 5.74) is 0.444. The molecule has 112 valence electrons. The van der Waals surface area contributed by atoms with E-state index >= 15 is 0 Å². The summed E-state index contributed by atoms with van der Waals surface area (Å²) in [4.78, 5) is 0. The first-order valence-electron chi connectivity index (χ1n) is 6.33. The number of hydrogen-bond acceptors (Lipinski definition) is 0. The highest BCUT2D eigenvalue weighted by Gasteiger charge is 2.33. The Hall–Kier alpha value is -0.450. The summed E-state index contributed by atoms with van der Waals surface area (Å²) < 4.78 is 28.2. The molecule has 0 bridgehead atoms. The zero-order chi connectivity index (χ0) is 15.5. The van der Waals surface area contributed by atoms with Gasteiger partial charge in [0.05, 0.1) is 0 Å². The summed E-state index contributed by atoms with van der Waals surface area (Å²) in [6.07, 6.45) is 0.344. The second kappa shape index (κ2) is 7.21. The van der Waals surface area contributed by atoms with Crippen LogP contribution in [0.4, 0.5) is 8.78 Å². The molecule has 0 N–H and O–H groups in total. The molecule has 0 atom stereocenters. The van der Waals surface area contributed by atoms with Crippen LogP contribution in [0.3, 0.4) is 0 Å². The van der Waals surface area contributed by atoms with E-state index in [4.69, 9.17) is 11.6 Å². The standard InChI is InChI=1S/C16H13Br2ClF2/c17-9-16(10-18,13-3-1-2-4-15(13)21)8-11-7-12(19)5-6-14(11)20/h1-7H,8-10H2. The molecular weight excluding hydrogens is 425 g/mol. The van der Waals surface area contributed by atoms with E-state index in [1.807, 2.05) is 0 Å². The molecule has 0 nitrogen and oxygen atoms in total. The summed E-state index contributed by atoms with van der Waals surface area (Å²) in [7, 11) is 0. The Kier molecular flexibility index (Phi) is 5.81. The van der Waals surface area contributed by atoms with Gasteiger partial charge in [0.25, 0.3) is 0 Å². The quantitative estimate of drug-likeness (QED) is 0.511. The summed E-state index contributed by atoms with van der Waals surface area (Å²) in [5, 5.41) is 1.47. The lowest BCUT2D eigenvalue weighted by Gasteiger charge is -2.31. The van der Waals surface area contributed by atoms with Gasteiger partial charge in [-0.2, -0.15) is 0 Å². The first-order chi connectivity index (χ1) is 10.0. The van der Waals surface area contributed by atoms with Gasteiger partial charge in [-0.05, 0) is 41.8 Å². The third kappa shape index (κ3) is 3.66. The Morgan fingerprint density at radius 2 is 1.62 bits per heavy atom. The molecule has 0 aromatic heterocycles. The highest BCUT2D eigenvalue weighted by atomic mass is 79.9. The molecule has 0 unspecified atom stereocenters. The van der Waals surface area contributed by atoms with Crippen molar-refractivity contribution in [2.45, 2.75) is 11.8 Å². The van der Waals surface area contributed by atoms with E-state index in [-0.39, 0.29) is 11.6 Å². The number of rotatable bonds is 5. The molecule has 2 rings (SSSR count). The van der Waals surface area contributed by atoms with Gasteiger partial charge in [0.15, 0.2) is 0 Å². The van der Waals surface area contributed by atoms with Gasteiger partial charge in [0.1, 0.15) is 11.6 Å². The maximum absolute atomic E-state index is 14.2. The fourth-order valence-electron chi connectivity index (χ4n) is 2.30. The molecule has 2 aromatic carbocycles. The van der Waals surface area contributed by atoms with Crippen LogP contribution in [-0.4, -0.2) is 10.7 Å². The lowest BCUT2D eigenvalue weighted by atomic mass is 9.78. The maximum Gasteiger partial charge on any atom is 0.127 e. The van der Waals surface area contributed by atoms with Crippen LogP contribution in [-0.2, 0) is 11.8 Å². The molecule has 0 aliphatic carbocycles. The van der Waals surface area contributed by atoms with Gasteiger partial charge < -0.3 is 0 Å². The Balaban J connectivity index is 2.48. The predicted molar refractivity (Wildman–Crippen MR) is 90.8 cm³/mol. The Labute approximate surface area is 144 Å². The number of hydrogen-bond donors (Lipinski definition) is 0. The van der Waals surface area contributed by atoms with Crippen molar-refractivity contribution in [1.29, 1.82) is 0 Å². The van der Waals surface area contributed by atoms with Gasteiger partial charge in [-0.1, -0.05) is 61.7 Å². The molecule has 0 saturated heterocycles. The normalized spacial score (nSPS) is 11.7. The molecule has 0 radical (unpaired) electrons. The van der Waals surface area contributed by atoms with Crippen molar-refractivity contribution in [1.82, 2.24) is 0 Å². The van der Waals surface area contributed by atoms with Crippen molar-refractivity contribution in [3.8, 4) is 0 Å². The fraction of sp³-hybridized carbons (Fsp3) is 0.250. The van der Waals surface area contributed by atoms with E-state index in [0.29, 0.717) is 33.2 Å². The van der Waals surface area contributed by atoms with E-state index in [1.54, 1.807) is 24.3 Å². The number of halogens is 5. The molecule has 0 spiro atoms. The predicted octanol–water partition coefficient (Wildman–Crippen LogP) is 5.89. The van der Waals surface area contributed by atoms with Gasteiger partial charge in [0, 0.05) is 21.1 Å². The van der Waals surface area contributed by atoms with Gasteiger partial charge >= 0.3 is 0 Å². The Morgan fingerprint density at radius 3 is 2.24 bits per heavy atom. The van der Waals surface area contributed by atoms with Crippen LogP contribution < -0.4 is 0 Å². The highest BCUT2D eigenvalue weighted by Crippen LogP contribution is 2.35. The largest absolute Gasteiger partial charge is 0.207 e. The van der Waals surface area contributed by atoms with Crippen molar-refractivity contribution in [2.24, 2.45) is 0 Å². The van der Waals surface area contributed by atoms with Crippen molar-refractivity contribution < 1.29 is 8.78 Å². The van der Waals surface area contributed by atoms with Crippen LogP contribution in [0.1, 0.15) is 11.1 Å². The van der Waals surface area contributed by atoms with E-state index in [9.17, 15) is 8.78 Å². The van der Waals surface area contributed by atoms with Gasteiger partial charge in [-0.15, -0.1) is 0 Å². The zero-order valence-corrected chi connectivity index (χ0v) is 15.0. The average Bonchev–Trinajstić information content (AvgIpc) is 2.49. The first kappa shape index (κ1) is 16.9. The summed E-state index contributed by atoms with van der Waals surface area (Å²) in [5.74, 6) is -0.624. The number of alkyl halides is 2. The zero-order valence-electron chi connectivity index (χ0n) is 11.1. The third-order valence-corrected chi connectivity index (χ3v) is 5.88. The van der Waals surface area contributed by atoms with E-state index < -0.39 is 5.41 Å². The summed E-state index contributed by atoms with van der Waals surface area (Å²) in [6, 6.07) is 11.0. The molecule has 0 aliphatic rings. The average molecular weight is 439 g/mol. The van der Waals surface area contributed by atoms with Crippen molar-refractivity contribution in [3.63, 3.8) is 0 Å². The topological polar surface area (TPSA) is 0 Å². The van der Waals surface area contributed by atoms with Crippen molar-refractivity contribution in [3.05, 3.63) is 70.2 Å². The molecule has 0 fully saturated rings. The van der Waals surface area contributed by atoms with E-state index in [1.165, 1.54) is 18.2 Å². The van der Waals surface area contributed by atoms with Gasteiger partial charge in [-0.3, -0.25) is 0 Å². The van der Waals surface area contributed by atoms with E-state index in [2.05, 4.69) is 31.9 Å². The van der Waals surface area contributed by atoms with Crippen LogP contribution in [0, 0.1) is 11.6 Å². The van der Waals surface area contributed by atoms with Crippen LogP contribution >= 0.6 is 43.5 Å². The van der Waals surface area contributed by atoms with Crippen LogP contribution in [0.5, 0.6) is 0 Å². The third-order valence-electron chi connectivity index (χ3n) is 3.49. The molecule has 0 aliphatic heterocycles. The Bertz CT molecular complexity index is 627.